The number of aryl methyl sites for hydroxylation is 1. The summed E-state index contributed by atoms with van der Waals surface area (Å²) in [5, 5.41) is 0. The van der Waals surface area contributed by atoms with E-state index in [-0.39, 0.29) is 4.83 Å². The molecule has 0 aliphatic rings. The lowest BCUT2D eigenvalue weighted by Crippen LogP contribution is -1.99. The summed E-state index contributed by atoms with van der Waals surface area (Å²) in [7, 11) is 3.35. The van der Waals surface area contributed by atoms with Crippen LogP contribution in [0, 0.1) is 6.92 Å². The van der Waals surface area contributed by atoms with E-state index in [1.54, 1.807) is 14.2 Å². The number of alkyl halides is 1. The number of benzene rings is 2. The second kappa shape index (κ2) is 7.16. The van der Waals surface area contributed by atoms with E-state index in [4.69, 9.17) is 9.47 Å². The second-order valence-corrected chi connectivity index (χ2v) is 7.22. The Morgan fingerprint density at radius 2 is 1.57 bits per heavy atom. The second-order valence-electron chi connectivity index (χ2n) is 4.60. The van der Waals surface area contributed by atoms with E-state index in [9.17, 15) is 0 Å². The summed E-state index contributed by atoms with van der Waals surface area (Å²) in [5.41, 5.74) is 3.34. The van der Waals surface area contributed by atoms with Crippen LogP contribution in [0.4, 0.5) is 0 Å². The van der Waals surface area contributed by atoms with E-state index in [0.717, 1.165) is 37.1 Å². The minimum atomic E-state index is 0.0338. The third-order valence-corrected chi connectivity index (χ3v) is 5.75. The van der Waals surface area contributed by atoms with E-state index in [0.29, 0.717) is 0 Å². The van der Waals surface area contributed by atoms with Gasteiger partial charge in [-0.25, -0.2) is 0 Å². The van der Waals surface area contributed by atoms with Gasteiger partial charge in [0.05, 0.1) is 23.5 Å². The molecule has 0 aliphatic heterocycles. The maximum Gasteiger partial charge on any atom is 0.133 e. The van der Waals surface area contributed by atoms with Crippen LogP contribution in [-0.4, -0.2) is 14.2 Å². The van der Waals surface area contributed by atoms with Gasteiger partial charge in [0.15, 0.2) is 0 Å². The van der Waals surface area contributed by atoms with Gasteiger partial charge in [0, 0.05) is 10.0 Å². The van der Waals surface area contributed by atoms with Gasteiger partial charge < -0.3 is 9.47 Å². The molecule has 0 aromatic heterocycles. The Morgan fingerprint density at radius 1 is 0.905 bits per heavy atom. The van der Waals surface area contributed by atoms with Gasteiger partial charge in [-0.1, -0.05) is 37.9 Å². The quantitative estimate of drug-likeness (QED) is 0.500. The molecule has 112 valence electrons. The molecule has 0 amide bonds. The fourth-order valence-corrected chi connectivity index (χ4v) is 3.63. The first-order valence-electron chi connectivity index (χ1n) is 6.29. The highest BCUT2D eigenvalue weighted by Gasteiger charge is 2.18. The standard InChI is InChI=1S/C16H15Br3O2/c1-9-6-15(21-3)11(8-12(9)17)16(19)10-4-5-14(20-2)13(18)7-10/h4-8,16H,1-3H3. The normalized spacial score (nSPS) is 12.1. The molecule has 0 N–H and O–H groups in total. The molecule has 0 aliphatic carbocycles. The molecule has 0 fully saturated rings. The van der Waals surface area contributed by atoms with Gasteiger partial charge in [0.1, 0.15) is 11.5 Å². The highest BCUT2D eigenvalue weighted by molar-refractivity contribution is 9.11. The maximum atomic E-state index is 5.51. The van der Waals surface area contributed by atoms with E-state index < -0.39 is 0 Å². The van der Waals surface area contributed by atoms with Crippen LogP contribution < -0.4 is 9.47 Å². The Morgan fingerprint density at radius 3 is 2.14 bits per heavy atom. The first kappa shape index (κ1) is 16.8. The van der Waals surface area contributed by atoms with Gasteiger partial charge in [-0.15, -0.1) is 0 Å². The molecular weight excluding hydrogens is 464 g/mol. The highest BCUT2D eigenvalue weighted by atomic mass is 79.9. The summed E-state index contributed by atoms with van der Waals surface area (Å²) in [4.78, 5) is 0.0338. The van der Waals surface area contributed by atoms with Crippen molar-refractivity contribution in [3.63, 3.8) is 0 Å². The van der Waals surface area contributed by atoms with Crippen molar-refractivity contribution >= 4 is 47.8 Å². The summed E-state index contributed by atoms with van der Waals surface area (Å²) in [6, 6.07) is 10.2. The Balaban J connectivity index is 2.46. The van der Waals surface area contributed by atoms with E-state index in [1.807, 2.05) is 31.2 Å². The first-order valence-corrected chi connectivity index (χ1v) is 8.79. The summed E-state index contributed by atoms with van der Waals surface area (Å²) < 4.78 is 12.8. The molecule has 0 bridgehead atoms. The average molecular weight is 479 g/mol. The highest BCUT2D eigenvalue weighted by Crippen LogP contribution is 2.41. The molecule has 0 radical (unpaired) electrons. The van der Waals surface area contributed by atoms with Crippen LogP contribution in [0.1, 0.15) is 21.5 Å². The number of methoxy groups -OCH3 is 2. The number of hydrogen-bond acceptors (Lipinski definition) is 2. The Bertz CT molecular complexity index is 656. The fourth-order valence-electron chi connectivity index (χ4n) is 2.07. The smallest absolute Gasteiger partial charge is 0.133 e. The molecule has 0 saturated heterocycles. The zero-order chi connectivity index (χ0) is 15.6. The van der Waals surface area contributed by atoms with Crippen LogP contribution in [0.3, 0.4) is 0 Å². The molecule has 1 unspecified atom stereocenters. The van der Waals surface area contributed by atoms with Crippen molar-refractivity contribution in [2.24, 2.45) is 0 Å². The predicted molar refractivity (Wildman–Crippen MR) is 96.9 cm³/mol. The Labute approximate surface area is 150 Å². The molecular formula is C16H15Br3O2. The third kappa shape index (κ3) is 3.63. The van der Waals surface area contributed by atoms with Gasteiger partial charge in [-0.05, 0) is 58.2 Å². The van der Waals surface area contributed by atoms with Crippen molar-refractivity contribution in [2.45, 2.75) is 11.8 Å². The van der Waals surface area contributed by atoms with Crippen LogP contribution in [0.25, 0.3) is 0 Å². The lowest BCUT2D eigenvalue weighted by molar-refractivity contribution is 0.409. The zero-order valence-corrected chi connectivity index (χ0v) is 16.7. The van der Waals surface area contributed by atoms with Crippen molar-refractivity contribution in [1.82, 2.24) is 0 Å². The van der Waals surface area contributed by atoms with Gasteiger partial charge >= 0.3 is 0 Å². The van der Waals surface area contributed by atoms with Gasteiger partial charge in [0.2, 0.25) is 0 Å². The largest absolute Gasteiger partial charge is 0.496 e. The fraction of sp³-hybridized carbons (Fsp3) is 0.250. The molecule has 0 saturated carbocycles. The molecule has 0 heterocycles. The summed E-state index contributed by atoms with van der Waals surface area (Å²) in [6.07, 6.45) is 0. The summed E-state index contributed by atoms with van der Waals surface area (Å²) in [5.74, 6) is 1.68. The van der Waals surface area contributed by atoms with Crippen LogP contribution in [0.15, 0.2) is 39.3 Å². The van der Waals surface area contributed by atoms with E-state index in [1.165, 1.54) is 0 Å². The van der Waals surface area contributed by atoms with Gasteiger partial charge in [0.25, 0.3) is 0 Å². The monoisotopic (exact) mass is 476 g/mol. The molecule has 21 heavy (non-hydrogen) atoms. The third-order valence-electron chi connectivity index (χ3n) is 3.25. The lowest BCUT2D eigenvalue weighted by atomic mass is 10.0. The number of halogens is 3. The van der Waals surface area contributed by atoms with Crippen molar-refractivity contribution in [2.75, 3.05) is 14.2 Å². The van der Waals surface area contributed by atoms with Crippen LogP contribution in [0.2, 0.25) is 0 Å². The Kier molecular flexibility index (Phi) is 5.74. The topological polar surface area (TPSA) is 18.5 Å². The lowest BCUT2D eigenvalue weighted by Gasteiger charge is -2.17. The minimum Gasteiger partial charge on any atom is -0.496 e. The maximum absolute atomic E-state index is 5.51. The molecule has 2 aromatic rings. The van der Waals surface area contributed by atoms with Gasteiger partial charge in [-0.2, -0.15) is 0 Å². The van der Waals surface area contributed by atoms with Crippen LogP contribution >= 0.6 is 47.8 Å². The molecule has 2 aromatic carbocycles. The molecule has 2 nitrogen and oxygen atoms in total. The van der Waals surface area contributed by atoms with Crippen molar-refractivity contribution in [1.29, 1.82) is 0 Å². The van der Waals surface area contributed by atoms with Crippen LogP contribution in [-0.2, 0) is 0 Å². The van der Waals surface area contributed by atoms with E-state index in [2.05, 4.69) is 53.9 Å². The molecule has 5 heteroatoms. The average Bonchev–Trinajstić information content (AvgIpc) is 2.48. The van der Waals surface area contributed by atoms with Crippen molar-refractivity contribution in [3.05, 3.63) is 56.0 Å². The summed E-state index contributed by atoms with van der Waals surface area (Å²) >= 11 is 10.9. The van der Waals surface area contributed by atoms with Crippen LogP contribution in [0.5, 0.6) is 11.5 Å². The zero-order valence-electron chi connectivity index (χ0n) is 11.9. The minimum absolute atomic E-state index is 0.0338. The van der Waals surface area contributed by atoms with Crippen molar-refractivity contribution in [3.8, 4) is 11.5 Å². The van der Waals surface area contributed by atoms with Crippen molar-refractivity contribution < 1.29 is 9.47 Å². The number of rotatable bonds is 4. The SMILES string of the molecule is COc1ccc(C(Br)c2cc(Br)c(C)cc2OC)cc1Br. The number of ether oxygens (including phenoxy) is 2. The Hall–Kier alpha value is -0.520. The molecule has 1 atom stereocenters. The van der Waals surface area contributed by atoms with Gasteiger partial charge in [-0.3, -0.25) is 0 Å². The summed E-state index contributed by atoms with van der Waals surface area (Å²) in [6.45, 7) is 2.05. The first-order chi connectivity index (χ1) is 9.97. The predicted octanol–water partition coefficient (Wildman–Crippen LogP) is 6.02. The number of hydrogen-bond donors (Lipinski definition) is 0. The molecule has 0 spiro atoms. The molecule has 2 rings (SSSR count). The van der Waals surface area contributed by atoms with E-state index >= 15 is 0 Å².